The summed E-state index contributed by atoms with van der Waals surface area (Å²) in [7, 11) is 0. The van der Waals surface area contributed by atoms with Crippen molar-refractivity contribution >= 4 is 28.4 Å². The van der Waals surface area contributed by atoms with E-state index in [-0.39, 0.29) is 17.0 Å². The highest BCUT2D eigenvalue weighted by Gasteiger charge is 2.31. The van der Waals surface area contributed by atoms with Gasteiger partial charge in [-0.2, -0.15) is 15.3 Å². The van der Waals surface area contributed by atoms with Gasteiger partial charge in [-0.15, -0.1) is 13.2 Å². The smallest absolute Gasteiger partial charge is 0.406 e. The van der Waals surface area contributed by atoms with E-state index in [0.717, 1.165) is 25.0 Å². The minimum absolute atomic E-state index is 0.179. The number of nitrogens with one attached hydrogen (secondary N) is 2. The predicted octanol–water partition coefficient (Wildman–Crippen LogP) is 3.49. The number of nitriles is 1. The molecule has 1 aliphatic heterocycles. The van der Waals surface area contributed by atoms with Crippen LogP contribution >= 0.6 is 0 Å². The van der Waals surface area contributed by atoms with Gasteiger partial charge >= 0.3 is 6.36 Å². The van der Waals surface area contributed by atoms with E-state index in [9.17, 15) is 18.0 Å². The molecule has 3 heterocycles. The van der Waals surface area contributed by atoms with Gasteiger partial charge in [0.1, 0.15) is 22.5 Å². The zero-order valence-electron chi connectivity index (χ0n) is 16.7. The van der Waals surface area contributed by atoms with E-state index in [4.69, 9.17) is 5.26 Å². The number of rotatable bonds is 5. The molecule has 3 aromatic rings. The highest BCUT2D eigenvalue weighted by Crippen LogP contribution is 2.29. The van der Waals surface area contributed by atoms with Crippen LogP contribution < -0.4 is 20.5 Å². The number of hydrogen-bond donors (Lipinski definition) is 2. The summed E-state index contributed by atoms with van der Waals surface area (Å²) >= 11 is 0. The van der Waals surface area contributed by atoms with Crippen molar-refractivity contribution in [3.8, 4) is 11.8 Å². The maximum Gasteiger partial charge on any atom is 0.573 e. The van der Waals surface area contributed by atoms with Gasteiger partial charge in [0.15, 0.2) is 0 Å². The van der Waals surface area contributed by atoms with E-state index in [0.29, 0.717) is 42.6 Å². The van der Waals surface area contributed by atoms with Crippen LogP contribution in [0.15, 0.2) is 35.3 Å². The minimum Gasteiger partial charge on any atom is -0.406 e. The van der Waals surface area contributed by atoms with Crippen LogP contribution in [0.5, 0.6) is 5.75 Å². The van der Waals surface area contributed by atoms with Crippen LogP contribution in [-0.2, 0) is 0 Å². The number of hydrogen-bond acceptors (Lipinski definition) is 8. The Balaban J connectivity index is 1.63. The fraction of sp³-hybridized carbons (Fsp3) is 0.350. The molecule has 1 fully saturated rings. The second kappa shape index (κ2) is 8.70. The molecule has 2 N–H and O–H groups in total. The third kappa shape index (κ3) is 4.88. The Bertz CT molecular complexity index is 1200. The standard InChI is InChI=1S/C20H18F3N7O2/c21-20(22,23)32-14-3-1-13(2-4-14)26-17-16-15(11-25-29-18(16)31)27-19(28-17)30-9-6-12(5-8-24)7-10-30/h1-4,11-12H,5-7,9-10H2,(H,29,31)(H,26,27,28). The van der Waals surface area contributed by atoms with Crippen molar-refractivity contribution < 1.29 is 17.9 Å². The molecule has 1 aromatic carbocycles. The molecular formula is C20H18F3N7O2. The van der Waals surface area contributed by atoms with Gasteiger partial charge in [-0.05, 0) is 43.0 Å². The van der Waals surface area contributed by atoms with Crippen LogP contribution in [0.25, 0.3) is 10.9 Å². The molecule has 0 atom stereocenters. The summed E-state index contributed by atoms with van der Waals surface area (Å²) < 4.78 is 41.0. The minimum atomic E-state index is -4.78. The van der Waals surface area contributed by atoms with Gasteiger partial charge in [0.25, 0.3) is 5.56 Å². The molecule has 9 nitrogen and oxygen atoms in total. The number of H-pyrrole nitrogens is 1. The van der Waals surface area contributed by atoms with E-state index < -0.39 is 11.9 Å². The zero-order chi connectivity index (χ0) is 22.7. The van der Waals surface area contributed by atoms with Crippen molar-refractivity contribution in [3.05, 3.63) is 40.8 Å². The number of nitrogens with zero attached hydrogens (tertiary/aromatic N) is 5. The van der Waals surface area contributed by atoms with Crippen molar-refractivity contribution in [1.29, 1.82) is 5.26 Å². The predicted molar refractivity (Wildman–Crippen MR) is 110 cm³/mol. The molecule has 2 aromatic heterocycles. The van der Waals surface area contributed by atoms with Crippen molar-refractivity contribution in [2.75, 3.05) is 23.3 Å². The molecule has 0 aliphatic carbocycles. The largest absolute Gasteiger partial charge is 0.573 e. The lowest BCUT2D eigenvalue weighted by atomic mass is 9.94. The van der Waals surface area contributed by atoms with Crippen molar-refractivity contribution in [3.63, 3.8) is 0 Å². The SMILES string of the molecule is N#CCC1CCN(c2nc(Nc3ccc(OC(F)(F)F)cc3)c3c(=O)[nH]ncc3n2)CC1. The highest BCUT2D eigenvalue weighted by molar-refractivity contribution is 5.90. The zero-order valence-corrected chi connectivity index (χ0v) is 16.7. The molecule has 32 heavy (non-hydrogen) atoms. The topological polar surface area (TPSA) is 120 Å². The number of ether oxygens (including phenoxy) is 1. The number of fused-ring (bicyclic) bond motifs is 1. The number of alkyl halides is 3. The Morgan fingerprint density at radius 1 is 1.22 bits per heavy atom. The normalized spacial score (nSPS) is 14.9. The number of aromatic amines is 1. The first-order valence-corrected chi connectivity index (χ1v) is 9.82. The Morgan fingerprint density at radius 3 is 2.59 bits per heavy atom. The van der Waals surface area contributed by atoms with Crippen LogP contribution in [0.4, 0.5) is 30.6 Å². The van der Waals surface area contributed by atoms with E-state index >= 15 is 0 Å². The maximum absolute atomic E-state index is 12.4. The third-order valence-electron chi connectivity index (χ3n) is 5.13. The van der Waals surface area contributed by atoms with Gasteiger partial charge in [-0.1, -0.05) is 0 Å². The third-order valence-corrected chi connectivity index (χ3v) is 5.13. The number of aromatic nitrogens is 4. The number of benzene rings is 1. The van der Waals surface area contributed by atoms with E-state index in [2.05, 4.69) is 36.3 Å². The van der Waals surface area contributed by atoms with Gasteiger partial charge in [-0.3, -0.25) is 4.79 Å². The number of piperidine rings is 1. The van der Waals surface area contributed by atoms with Crippen LogP contribution in [0, 0.1) is 17.2 Å². The number of halogens is 3. The molecule has 0 amide bonds. The second-order valence-electron chi connectivity index (χ2n) is 7.32. The van der Waals surface area contributed by atoms with Crippen molar-refractivity contribution in [1.82, 2.24) is 20.2 Å². The Hall–Kier alpha value is -3.88. The molecule has 0 saturated carbocycles. The first kappa shape index (κ1) is 21.4. The van der Waals surface area contributed by atoms with Crippen LogP contribution in [0.2, 0.25) is 0 Å². The summed E-state index contributed by atoms with van der Waals surface area (Å²) in [6.07, 6.45) is -1.21. The molecule has 12 heteroatoms. The average Bonchev–Trinajstić information content (AvgIpc) is 2.75. The van der Waals surface area contributed by atoms with Crippen LogP contribution in [-0.4, -0.2) is 39.6 Å². The van der Waals surface area contributed by atoms with Gasteiger partial charge in [0.2, 0.25) is 5.95 Å². The highest BCUT2D eigenvalue weighted by atomic mass is 19.4. The summed E-state index contributed by atoms with van der Waals surface area (Å²) in [6.45, 7) is 1.33. The monoisotopic (exact) mass is 445 g/mol. The Kier molecular flexibility index (Phi) is 5.81. The lowest BCUT2D eigenvalue weighted by molar-refractivity contribution is -0.274. The van der Waals surface area contributed by atoms with E-state index in [1.54, 1.807) is 0 Å². The van der Waals surface area contributed by atoms with Crippen molar-refractivity contribution in [2.45, 2.75) is 25.6 Å². The molecule has 166 valence electrons. The summed E-state index contributed by atoms with van der Waals surface area (Å²) in [5.41, 5.74) is 0.244. The van der Waals surface area contributed by atoms with Crippen LogP contribution in [0.1, 0.15) is 19.3 Å². The van der Waals surface area contributed by atoms with Crippen molar-refractivity contribution in [2.24, 2.45) is 5.92 Å². The molecular weight excluding hydrogens is 427 g/mol. The Morgan fingerprint density at radius 2 is 1.94 bits per heavy atom. The second-order valence-corrected chi connectivity index (χ2v) is 7.32. The fourth-order valence-corrected chi connectivity index (χ4v) is 3.57. The molecule has 0 spiro atoms. The van der Waals surface area contributed by atoms with Gasteiger partial charge in [0, 0.05) is 25.2 Å². The Labute approximate surface area is 179 Å². The lowest BCUT2D eigenvalue weighted by Crippen LogP contribution is -2.35. The molecule has 1 aliphatic rings. The maximum atomic E-state index is 12.4. The molecule has 0 bridgehead atoms. The first-order valence-electron chi connectivity index (χ1n) is 9.82. The average molecular weight is 445 g/mol. The van der Waals surface area contributed by atoms with Gasteiger partial charge in [0.05, 0.1) is 12.3 Å². The lowest BCUT2D eigenvalue weighted by Gasteiger charge is -2.31. The summed E-state index contributed by atoms with van der Waals surface area (Å²) in [6, 6.07) is 7.29. The quantitative estimate of drug-likeness (QED) is 0.613. The van der Waals surface area contributed by atoms with Gasteiger partial charge in [-0.25, -0.2) is 10.1 Å². The summed E-state index contributed by atoms with van der Waals surface area (Å²) in [4.78, 5) is 23.3. The molecule has 4 rings (SSSR count). The summed E-state index contributed by atoms with van der Waals surface area (Å²) in [5, 5.41) is 18.2. The molecule has 0 unspecified atom stereocenters. The van der Waals surface area contributed by atoms with E-state index in [1.165, 1.54) is 18.3 Å². The first-order chi connectivity index (χ1) is 15.3. The molecule has 0 radical (unpaired) electrons. The molecule has 1 saturated heterocycles. The van der Waals surface area contributed by atoms with E-state index in [1.807, 2.05) is 4.90 Å². The fourth-order valence-electron chi connectivity index (χ4n) is 3.57. The summed E-state index contributed by atoms with van der Waals surface area (Å²) in [5.74, 6) is 0.576. The number of anilines is 3. The van der Waals surface area contributed by atoms with Crippen LogP contribution in [0.3, 0.4) is 0 Å². The van der Waals surface area contributed by atoms with Gasteiger partial charge < -0.3 is 15.0 Å².